The SMILES string of the molecule is N#Cc1c(-c2ccccc2)nc(NN=Cc2ccc(F)cc2Br)[nH]c1=O. The summed E-state index contributed by atoms with van der Waals surface area (Å²) in [6.45, 7) is 0. The summed E-state index contributed by atoms with van der Waals surface area (Å²) in [5, 5.41) is 13.2. The zero-order chi connectivity index (χ0) is 18.5. The van der Waals surface area contributed by atoms with E-state index in [1.165, 1.54) is 18.3 Å². The molecule has 0 aliphatic carbocycles. The van der Waals surface area contributed by atoms with Gasteiger partial charge in [-0.2, -0.15) is 10.4 Å². The zero-order valence-electron chi connectivity index (χ0n) is 13.2. The van der Waals surface area contributed by atoms with E-state index in [9.17, 15) is 14.4 Å². The quantitative estimate of drug-likeness (QED) is 0.505. The number of anilines is 1. The first-order valence-corrected chi connectivity index (χ1v) is 8.22. The van der Waals surface area contributed by atoms with E-state index in [2.05, 4.69) is 36.4 Å². The first-order chi connectivity index (χ1) is 12.6. The van der Waals surface area contributed by atoms with Gasteiger partial charge in [0.05, 0.1) is 11.9 Å². The summed E-state index contributed by atoms with van der Waals surface area (Å²) in [5.41, 5.74) is 3.51. The van der Waals surface area contributed by atoms with Crippen LogP contribution in [0.3, 0.4) is 0 Å². The van der Waals surface area contributed by atoms with Crippen LogP contribution in [-0.2, 0) is 0 Å². The van der Waals surface area contributed by atoms with E-state index in [4.69, 9.17) is 0 Å². The maximum Gasteiger partial charge on any atom is 0.270 e. The van der Waals surface area contributed by atoms with Gasteiger partial charge in [-0.15, -0.1) is 0 Å². The molecule has 0 spiro atoms. The molecule has 8 heteroatoms. The van der Waals surface area contributed by atoms with E-state index in [1.54, 1.807) is 30.3 Å². The Hall–Kier alpha value is -3.31. The fourth-order valence-corrected chi connectivity index (χ4v) is 2.66. The molecule has 0 saturated carbocycles. The lowest BCUT2D eigenvalue weighted by molar-refractivity contribution is 0.627. The number of nitrogens with zero attached hydrogens (tertiary/aromatic N) is 3. The van der Waals surface area contributed by atoms with Gasteiger partial charge in [-0.1, -0.05) is 46.3 Å². The van der Waals surface area contributed by atoms with Crippen LogP contribution in [0, 0.1) is 17.1 Å². The maximum atomic E-state index is 13.1. The van der Waals surface area contributed by atoms with Gasteiger partial charge in [0.2, 0.25) is 5.95 Å². The van der Waals surface area contributed by atoms with Gasteiger partial charge < -0.3 is 0 Å². The Morgan fingerprint density at radius 3 is 2.73 bits per heavy atom. The number of aromatic amines is 1. The summed E-state index contributed by atoms with van der Waals surface area (Å²) in [7, 11) is 0. The molecule has 1 aromatic heterocycles. The summed E-state index contributed by atoms with van der Waals surface area (Å²) in [6.07, 6.45) is 1.45. The second kappa shape index (κ2) is 7.72. The summed E-state index contributed by atoms with van der Waals surface area (Å²) in [4.78, 5) is 18.9. The number of hydrazone groups is 1. The summed E-state index contributed by atoms with van der Waals surface area (Å²) >= 11 is 3.24. The third-order valence-electron chi connectivity index (χ3n) is 3.42. The maximum absolute atomic E-state index is 13.1. The van der Waals surface area contributed by atoms with Crippen LogP contribution in [-0.4, -0.2) is 16.2 Å². The van der Waals surface area contributed by atoms with Crippen molar-refractivity contribution in [1.29, 1.82) is 5.26 Å². The third-order valence-corrected chi connectivity index (χ3v) is 4.10. The van der Waals surface area contributed by atoms with Crippen LogP contribution in [0.5, 0.6) is 0 Å². The number of rotatable bonds is 4. The van der Waals surface area contributed by atoms with E-state index in [-0.39, 0.29) is 23.0 Å². The molecule has 0 unspecified atom stereocenters. The fraction of sp³-hybridized carbons (Fsp3) is 0. The average molecular weight is 412 g/mol. The van der Waals surface area contributed by atoms with Crippen molar-refractivity contribution in [2.24, 2.45) is 5.10 Å². The lowest BCUT2D eigenvalue weighted by Gasteiger charge is -2.06. The van der Waals surface area contributed by atoms with Crippen molar-refractivity contribution in [2.75, 3.05) is 5.43 Å². The van der Waals surface area contributed by atoms with Crippen LogP contribution in [0.15, 0.2) is 62.9 Å². The second-order valence-corrected chi connectivity index (χ2v) is 6.01. The molecule has 0 fully saturated rings. The molecule has 0 aliphatic heterocycles. The van der Waals surface area contributed by atoms with Gasteiger partial charge in [-0.25, -0.2) is 14.8 Å². The first-order valence-electron chi connectivity index (χ1n) is 7.42. The highest BCUT2D eigenvalue weighted by Crippen LogP contribution is 2.19. The van der Waals surface area contributed by atoms with Crippen molar-refractivity contribution < 1.29 is 4.39 Å². The molecule has 128 valence electrons. The van der Waals surface area contributed by atoms with Crippen LogP contribution in [0.1, 0.15) is 11.1 Å². The van der Waals surface area contributed by atoms with Gasteiger partial charge in [0.15, 0.2) is 0 Å². The lowest BCUT2D eigenvalue weighted by atomic mass is 10.1. The molecule has 0 bridgehead atoms. The van der Waals surface area contributed by atoms with E-state index < -0.39 is 5.56 Å². The molecule has 0 radical (unpaired) electrons. The van der Waals surface area contributed by atoms with Crippen molar-refractivity contribution in [3.05, 3.63) is 80.3 Å². The number of hydrogen-bond donors (Lipinski definition) is 2. The van der Waals surface area contributed by atoms with Crippen molar-refractivity contribution in [3.63, 3.8) is 0 Å². The molecule has 2 aromatic carbocycles. The molecule has 6 nitrogen and oxygen atoms in total. The average Bonchev–Trinajstić information content (AvgIpc) is 2.64. The van der Waals surface area contributed by atoms with Crippen molar-refractivity contribution in [1.82, 2.24) is 9.97 Å². The van der Waals surface area contributed by atoms with E-state index in [0.29, 0.717) is 15.6 Å². The Labute approximate surface area is 156 Å². The molecular formula is C18H11BrFN5O. The smallest absolute Gasteiger partial charge is 0.270 e. The Bertz CT molecular complexity index is 1070. The van der Waals surface area contributed by atoms with Crippen LogP contribution in [0.25, 0.3) is 11.3 Å². The molecule has 3 aromatic rings. The molecule has 0 saturated heterocycles. The molecule has 0 aliphatic rings. The standard InChI is InChI=1S/C18H11BrFN5O/c19-15-8-13(20)7-6-12(15)10-22-25-18-23-16(11-4-2-1-3-5-11)14(9-21)17(26)24-18/h1-8,10H,(H2,23,24,25,26). The predicted octanol–water partition coefficient (Wildman–Crippen LogP) is 3.66. The minimum atomic E-state index is -0.568. The second-order valence-electron chi connectivity index (χ2n) is 5.15. The third kappa shape index (κ3) is 3.84. The largest absolute Gasteiger partial charge is 0.290 e. The lowest BCUT2D eigenvalue weighted by Crippen LogP contribution is -2.16. The van der Waals surface area contributed by atoms with Gasteiger partial charge in [-0.05, 0) is 18.2 Å². The minimum Gasteiger partial charge on any atom is -0.290 e. The number of H-pyrrole nitrogens is 1. The number of benzene rings is 2. The van der Waals surface area contributed by atoms with Crippen LogP contribution in [0.4, 0.5) is 10.3 Å². The Morgan fingerprint density at radius 1 is 1.27 bits per heavy atom. The minimum absolute atomic E-state index is 0.0768. The first kappa shape index (κ1) is 17.5. The van der Waals surface area contributed by atoms with E-state index in [0.717, 1.165) is 0 Å². The molecular weight excluding hydrogens is 401 g/mol. The van der Waals surface area contributed by atoms with Crippen molar-refractivity contribution in [2.45, 2.75) is 0 Å². The summed E-state index contributed by atoms with van der Waals surface area (Å²) in [6, 6.07) is 15.0. The summed E-state index contributed by atoms with van der Waals surface area (Å²) in [5.74, 6) is -0.282. The van der Waals surface area contributed by atoms with Crippen molar-refractivity contribution >= 4 is 28.1 Å². The van der Waals surface area contributed by atoms with Gasteiger partial charge in [-0.3, -0.25) is 9.78 Å². The van der Waals surface area contributed by atoms with E-state index in [1.807, 2.05) is 12.1 Å². The topological polar surface area (TPSA) is 93.9 Å². The molecule has 1 heterocycles. The van der Waals surface area contributed by atoms with Gasteiger partial charge >= 0.3 is 0 Å². The van der Waals surface area contributed by atoms with Crippen LogP contribution < -0.4 is 11.0 Å². The van der Waals surface area contributed by atoms with Gasteiger partial charge in [0.1, 0.15) is 17.4 Å². The predicted molar refractivity (Wildman–Crippen MR) is 100 cm³/mol. The highest BCUT2D eigenvalue weighted by molar-refractivity contribution is 9.10. The highest BCUT2D eigenvalue weighted by atomic mass is 79.9. The Morgan fingerprint density at radius 2 is 2.04 bits per heavy atom. The molecule has 3 rings (SSSR count). The fourth-order valence-electron chi connectivity index (χ4n) is 2.20. The highest BCUT2D eigenvalue weighted by Gasteiger charge is 2.12. The number of nitrogens with one attached hydrogen (secondary N) is 2. The van der Waals surface area contributed by atoms with Crippen LogP contribution in [0.2, 0.25) is 0 Å². The molecule has 26 heavy (non-hydrogen) atoms. The number of nitriles is 1. The summed E-state index contributed by atoms with van der Waals surface area (Å²) < 4.78 is 13.6. The number of halogens is 2. The van der Waals surface area contributed by atoms with Crippen molar-refractivity contribution in [3.8, 4) is 17.3 Å². The van der Waals surface area contributed by atoms with Gasteiger partial charge in [0, 0.05) is 15.6 Å². The zero-order valence-corrected chi connectivity index (χ0v) is 14.8. The Balaban J connectivity index is 1.92. The number of aromatic nitrogens is 2. The monoisotopic (exact) mass is 411 g/mol. The normalized spacial score (nSPS) is 10.7. The molecule has 2 N–H and O–H groups in total. The molecule has 0 amide bonds. The Kier molecular flexibility index (Phi) is 5.20. The van der Waals surface area contributed by atoms with Crippen LogP contribution >= 0.6 is 15.9 Å². The van der Waals surface area contributed by atoms with E-state index >= 15 is 0 Å². The molecule has 0 atom stereocenters. The van der Waals surface area contributed by atoms with Gasteiger partial charge in [0.25, 0.3) is 5.56 Å². The number of hydrogen-bond acceptors (Lipinski definition) is 5.